The zero-order valence-electron chi connectivity index (χ0n) is 10.1. The second kappa shape index (κ2) is 4.50. The zero-order valence-corrected chi connectivity index (χ0v) is 10.1. The Morgan fingerprint density at radius 3 is 1.94 bits per heavy atom. The highest BCUT2D eigenvalue weighted by atomic mass is 19.3. The van der Waals surface area contributed by atoms with Crippen LogP contribution >= 0.6 is 0 Å². The highest BCUT2D eigenvalue weighted by molar-refractivity contribution is 5.26. The van der Waals surface area contributed by atoms with Crippen LogP contribution in [0.1, 0.15) is 31.9 Å². The van der Waals surface area contributed by atoms with Crippen molar-refractivity contribution in [2.75, 3.05) is 6.54 Å². The van der Waals surface area contributed by atoms with Gasteiger partial charge >= 0.3 is 0 Å². The molecule has 1 aromatic carbocycles. The molecule has 0 aliphatic carbocycles. The molecule has 1 aromatic rings. The molecule has 0 spiro atoms. The van der Waals surface area contributed by atoms with E-state index in [9.17, 15) is 8.78 Å². The van der Waals surface area contributed by atoms with Crippen molar-refractivity contribution in [1.82, 2.24) is 0 Å². The van der Waals surface area contributed by atoms with E-state index in [1.54, 1.807) is 12.1 Å². The Kier molecular flexibility index (Phi) is 3.68. The molecule has 1 rings (SSSR count). The summed E-state index contributed by atoms with van der Waals surface area (Å²) >= 11 is 0. The summed E-state index contributed by atoms with van der Waals surface area (Å²) in [6.07, 6.45) is 0.805. The number of hydrogen-bond acceptors (Lipinski definition) is 1. The van der Waals surface area contributed by atoms with Gasteiger partial charge < -0.3 is 5.73 Å². The molecule has 0 fully saturated rings. The van der Waals surface area contributed by atoms with E-state index < -0.39 is 5.92 Å². The molecule has 0 heterocycles. The van der Waals surface area contributed by atoms with Gasteiger partial charge in [0, 0.05) is 12.5 Å². The van der Waals surface area contributed by atoms with Crippen molar-refractivity contribution in [3.8, 4) is 0 Å². The van der Waals surface area contributed by atoms with Crippen LogP contribution in [0.15, 0.2) is 24.3 Å². The molecular formula is C13H19F2N. The number of alkyl halides is 2. The summed E-state index contributed by atoms with van der Waals surface area (Å²) < 4.78 is 25.9. The third-order valence-electron chi connectivity index (χ3n) is 2.70. The van der Waals surface area contributed by atoms with Gasteiger partial charge in [-0.2, -0.15) is 0 Å². The largest absolute Gasteiger partial charge is 0.330 e. The first-order valence-corrected chi connectivity index (χ1v) is 5.42. The SMILES string of the molecule is CC(C)(CN)Cc1ccc(C(C)(F)F)cc1. The minimum absolute atomic E-state index is 0.0102. The molecule has 3 heteroatoms. The molecule has 0 saturated heterocycles. The summed E-state index contributed by atoms with van der Waals surface area (Å²) in [5.41, 5.74) is 6.75. The quantitative estimate of drug-likeness (QED) is 0.839. The fraction of sp³-hybridized carbons (Fsp3) is 0.538. The molecule has 1 nitrogen and oxygen atoms in total. The second-order valence-corrected chi connectivity index (χ2v) is 5.13. The summed E-state index contributed by atoms with van der Waals surface area (Å²) in [6, 6.07) is 6.48. The third kappa shape index (κ3) is 3.56. The van der Waals surface area contributed by atoms with Gasteiger partial charge in [-0.05, 0) is 23.9 Å². The molecule has 0 aliphatic heterocycles. The van der Waals surface area contributed by atoms with Crippen LogP contribution in [0.25, 0.3) is 0 Å². The van der Waals surface area contributed by atoms with Crippen LogP contribution in [-0.2, 0) is 12.3 Å². The van der Waals surface area contributed by atoms with Crippen LogP contribution in [0, 0.1) is 5.41 Å². The van der Waals surface area contributed by atoms with Crippen LogP contribution in [-0.4, -0.2) is 6.54 Å². The lowest BCUT2D eigenvalue weighted by atomic mass is 9.85. The van der Waals surface area contributed by atoms with Crippen molar-refractivity contribution in [2.24, 2.45) is 11.1 Å². The van der Waals surface area contributed by atoms with E-state index in [0.29, 0.717) is 6.54 Å². The van der Waals surface area contributed by atoms with Gasteiger partial charge in [0.1, 0.15) is 0 Å². The number of nitrogens with two attached hydrogens (primary N) is 1. The summed E-state index contributed by atoms with van der Waals surface area (Å²) in [7, 11) is 0. The predicted molar refractivity (Wildman–Crippen MR) is 62.5 cm³/mol. The van der Waals surface area contributed by atoms with E-state index in [0.717, 1.165) is 18.9 Å². The first-order valence-electron chi connectivity index (χ1n) is 5.42. The Balaban J connectivity index is 2.80. The van der Waals surface area contributed by atoms with Crippen molar-refractivity contribution in [1.29, 1.82) is 0 Å². The smallest absolute Gasteiger partial charge is 0.270 e. The summed E-state index contributed by atoms with van der Waals surface area (Å²) in [6.45, 7) is 5.62. The van der Waals surface area contributed by atoms with Crippen molar-refractivity contribution >= 4 is 0 Å². The zero-order chi connectivity index (χ0) is 12.4. The topological polar surface area (TPSA) is 26.0 Å². The Morgan fingerprint density at radius 1 is 1.06 bits per heavy atom. The Bertz CT molecular complexity index is 336. The molecule has 90 valence electrons. The van der Waals surface area contributed by atoms with Crippen molar-refractivity contribution in [3.05, 3.63) is 35.4 Å². The lowest BCUT2D eigenvalue weighted by Gasteiger charge is -2.22. The summed E-state index contributed by atoms with van der Waals surface area (Å²) in [5, 5.41) is 0. The van der Waals surface area contributed by atoms with Crippen LogP contribution in [0.4, 0.5) is 8.78 Å². The lowest BCUT2D eigenvalue weighted by molar-refractivity contribution is 0.0174. The van der Waals surface area contributed by atoms with Gasteiger partial charge in [0.25, 0.3) is 5.92 Å². The first-order chi connectivity index (χ1) is 7.24. The van der Waals surface area contributed by atoms with Crippen molar-refractivity contribution < 1.29 is 8.78 Å². The predicted octanol–water partition coefficient (Wildman–Crippen LogP) is 3.33. The average molecular weight is 227 g/mol. The maximum absolute atomic E-state index is 13.0. The first kappa shape index (κ1) is 13.1. The van der Waals surface area contributed by atoms with Crippen molar-refractivity contribution in [2.45, 2.75) is 33.1 Å². The standard InChI is InChI=1S/C13H19F2N/c1-12(2,9-16)8-10-4-6-11(7-5-10)13(3,14)15/h4-7H,8-9,16H2,1-3H3. The van der Waals surface area contributed by atoms with E-state index in [-0.39, 0.29) is 11.0 Å². The number of hydrogen-bond donors (Lipinski definition) is 1. The molecule has 0 unspecified atom stereocenters. The molecule has 0 radical (unpaired) electrons. The van der Waals surface area contributed by atoms with Gasteiger partial charge in [-0.15, -0.1) is 0 Å². The minimum Gasteiger partial charge on any atom is -0.330 e. The monoisotopic (exact) mass is 227 g/mol. The molecular weight excluding hydrogens is 208 g/mol. The van der Waals surface area contributed by atoms with Gasteiger partial charge in [0.15, 0.2) is 0 Å². The summed E-state index contributed by atoms with van der Waals surface area (Å²) in [4.78, 5) is 0. The maximum atomic E-state index is 13.0. The van der Waals surface area contributed by atoms with E-state index in [4.69, 9.17) is 5.73 Å². The molecule has 0 atom stereocenters. The van der Waals surface area contributed by atoms with E-state index in [1.807, 2.05) is 0 Å². The fourth-order valence-corrected chi connectivity index (χ4v) is 1.54. The Morgan fingerprint density at radius 2 is 1.56 bits per heavy atom. The van der Waals surface area contributed by atoms with Crippen LogP contribution in [0.2, 0.25) is 0 Å². The number of benzene rings is 1. The molecule has 0 amide bonds. The van der Waals surface area contributed by atoms with Gasteiger partial charge in [-0.3, -0.25) is 0 Å². The van der Waals surface area contributed by atoms with Crippen LogP contribution < -0.4 is 5.73 Å². The van der Waals surface area contributed by atoms with E-state index in [2.05, 4.69) is 13.8 Å². The second-order valence-electron chi connectivity index (χ2n) is 5.13. The minimum atomic E-state index is -2.76. The van der Waals surface area contributed by atoms with Crippen LogP contribution in [0.5, 0.6) is 0 Å². The van der Waals surface area contributed by atoms with Gasteiger partial charge in [0.05, 0.1) is 0 Å². The molecule has 0 aromatic heterocycles. The van der Waals surface area contributed by atoms with Crippen molar-refractivity contribution in [3.63, 3.8) is 0 Å². The molecule has 16 heavy (non-hydrogen) atoms. The molecule has 0 saturated carbocycles. The van der Waals surface area contributed by atoms with Gasteiger partial charge in [-0.25, -0.2) is 8.78 Å². The molecule has 0 aliphatic rings. The summed E-state index contributed by atoms with van der Waals surface area (Å²) in [5.74, 6) is -2.76. The maximum Gasteiger partial charge on any atom is 0.270 e. The molecule has 2 N–H and O–H groups in total. The third-order valence-corrected chi connectivity index (χ3v) is 2.70. The number of rotatable bonds is 4. The Labute approximate surface area is 95.7 Å². The van der Waals surface area contributed by atoms with E-state index >= 15 is 0 Å². The van der Waals surface area contributed by atoms with Gasteiger partial charge in [-0.1, -0.05) is 38.1 Å². The Hall–Kier alpha value is -0.960. The lowest BCUT2D eigenvalue weighted by Crippen LogP contribution is -2.25. The normalized spacial score (nSPS) is 12.9. The highest BCUT2D eigenvalue weighted by Crippen LogP contribution is 2.28. The van der Waals surface area contributed by atoms with Crippen LogP contribution in [0.3, 0.4) is 0 Å². The molecule has 0 bridgehead atoms. The number of halogens is 2. The fourth-order valence-electron chi connectivity index (χ4n) is 1.54. The highest BCUT2D eigenvalue weighted by Gasteiger charge is 2.24. The van der Waals surface area contributed by atoms with E-state index in [1.165, 1.54) is 12.1 Å². The van der Waals surface area contributed by atoms with Gasteiger partial charge in [0.2, 0.25) is 0 Å². The average Bonchev–Trinajstić information content (AvgIpc) is 2.16.